The van der Waals surface area contributed by atoms with Crippen molar-refractivity contribution in [3.8, 4) is 5.75 Å². The smallest absolute Gasteiger partial charge is 0.164 e. The van der Waals surface area contributed by atoms with Gasteiger partial charge >= 0.3 is 0 Å². The van der Waals surface area contributed by atoms with E-state index in [4.69, 9.17) is 10.5 Å². The van der Waals surface area contributed by atoms with Gasteiger partial charge in [-0.15, -0.1) is 0 Å². The number of aryl methyl sites for hydroxylation is 2. The van der Waals surface area contributed by atoms with E-state index >= 15 is 0 Å². The van der Waals surface area contributed by atoms with E-state index in [1.54, 1.807) is 6.33 Å². The van der Waals surface area contributed by atoms with Gasteiger partial charge in [-0.1, -0.05) is 6.92 Å². The summed E-state index contributed by atoms with van der Waals surface area (Å²) >= 11 is 0. The number of nitrogens with zero attached hydrogens (tertiary/aromatic N) is 4. The predicted octanol–water partition coefficient (Wildman–Crippen LogP) is 1.43. The largest absolute Gasteiger partial charge is 0.484 e. The van der Waals surface area contributed by atoms with Crippen LogP contribution in [-0.4, -0.2) is 19.7 Å². The molecule has 6 nitrogen and oxygen atoms in total. The van der Waals surface area contributed by atoms with Crippen LogP contribution in [0.25, 0.3) is 0 Å². The van der Waals surface area contributed by atoms with Gasteiger partial charge in [0.05, 0.1) is 5.69 Å². The van der Waals surface area contributed by atoms with Gasteiger partial charge in [-0.3, -0.25) is 4.98 Å². The lowest BCUT2D eigenvalue weighted by atomic mass is 10.3. The summed E-state index contributed by atoms with van der Waals surface area (Å²) in [6.45, 7) is 5.61. The Balaban J connectivity index is 2.07. The predicted molar refractivity (Wildman–Crippen MR) is 71.5 cm³/mol. The zero-order chi connectivity index (χ0) is 13.7. The van der Waals surface area contributed by atoms with Crippen molar-refractivity contribution >= 4 is 0 Å². The molecule has 0 radical (unpaired) electrons. The lowest BCUT2D eigenvalue weighted by Crippen LogP contribution is -2.10. The lowest BCUT2D eigenvalue weighted by Gasteiger charge is -2.10. The van der Waals surface area contributed by atoms with E-state index in [1.807, 2.05) is 23.7 Å². The highest BCUT2D eigenvalue weighted by atomic mass is 16.5. The Labute approximate surface area is 112 Å². The van der Waals surface area contributed by atoms with Crippen molar-refractivity contribution < 1.29 is 4.74 Å². The summed E-state index contributed by atoms with van der Waals surface area (Å²) in [6, 6.07) is 3.80. The van der Waals surface area contributed by atoms with Crippen LogP contribution in [0.3, 0.4) is 0 Å². The Hall–Kier alpha value is -1.95. The van der Waals surface area contributed by atoms with Gasteiger partial charge in [0.15, 0.2) is 5.82 Å². The second kappa shape index (κ2) is 6.29. The van der Waals surface area contributed by atoms with Crippen LogP contribution in [-0.2, 0) is 19.7 Å². The van der Waals surface area contributed by atoms with Crippen molar-refractivity contribution in [3.05, 3.63) is 35.7 Å². The normalized spacial score (nSPS) is 10.7. The Kier molecular flexibility index (Phi) is 4.46. The second-order valence-electron chi connectivity index (χ2n) is 4.29. The molecular formula is C13H19N5O. The van der Waals surface area contributed by atoms with Gasteiger partial charge in [-0.2, -0.15) is 5.10 Å². The zero-order valence-corrected chi connectivity index (χ0v) is 11.3. The third-order valence-corrected chi connectivity index (χ3v) is 2.75. The van der Waals surface area contributed by atoms with Crippen LogP contribution in [0.4, 0.5) is 0 Å². The number of rotatable bonds is 6. The van der Waals surface area contributed by atoms with Gasteiger partial charge in [0.25, 0.3) is 0 Å². The minimum absolute atomic E-state index is 0.360. The first kappa shape index (κ1) is 13.5. The standard InChI is InChI=1S/C13H19N5O/c1-3-6-18-13(15-9-16-18)8-19-12-5-4-10(2)17-11(12)7-14/h4-5,9H,3,6-8,14H2,1-2H3. The molecular weight excluding hydrogens is 242 g/mol. The number of ether oxygens (including phenoxy) is 1. The molecule has 2 aromatic rings. The molecule has 0 fully saturated rings. The second-order valence-corrected chi connectivity index (χ2v) is 4.29. The molecule has 0 spiro atoms. The lowest BCUT2D eigenvalue weighted by molar-refractivity contribution is 0.281. The molecule has 2 N–H and O–H groups in total. The van der Waals surface area contributed by atoms with Crippen molar-refractivity contribution in [2.24, 2.45) is 5.73 Å². The highest BCUT2D eigenvalue weighted by molar-refractivity contribution is 5.29. The molecule has 0 unspecified atom stereocenters. The van der Waals surface area contributed by atoms with E-state index in [9.17, 15) is 0 Å². The van der Waals surface area contributed by atoms with Crippen LogP contribution in [0.5, 0.6) is 5.75 Å². The minimum atomic E-state index is 0.360. The number of hydrogen-bond donors (Lipinski definition) is 1. The van der Waals surface area contributed by atoms with Crippen molar-refractivity contribution in [1.82, 2.24) is 19.7 Å². The van der Waals surface area contributed by atoms with Crippen LogP contribution in [0, 0.1) is 6.92 Å². The van der Waals surface area contributed by atoms with E-state index in [0.29, 0.717) is 18.9 Å². The van der Waals surface area contributed by atoms with Crippen molar-refractivity contribution in [2.45, 2.75) is 40.0 Å². The molecule has 0 atom stereocenters. The summed E-state index contributed by atoms with van der Waals surface area (Å²) in [5.74, 6) is 1.52. The number of pyridine rings is 1. The van der Waals surface area contributed by atoms with E-state index in [2.05, 4.69) is 22.0 Å². The van der Waals surface area contributed by atoms with Gasteiger partial charge in [0, 0.05) is 18.8 Å². The van der Waals surface area contributed by atoms with E-state index in [0.717, 1.165) is 30.2 Å². The first-order valence-electron chi connectivity index (χ1n) is 6.40. The number of hydrogen-bond acceptors (Lipinski definition) is 5. The summed E-state index contributed by atoms with van der Waals surface area (Å²) in [5, 5.41) is 4.16. The average Bonchev–Trinajstić information content (AvgIpc) is 2.85. The van der Waals surface area contributed by atoms with Crippen LogP contribution in [0.2, 0.25) is 0 Å². The van der Waals surface area contributed by atoms with Crippen molar-refractivity contribution in [1.29, 1.82) is 0 Å². The zero-order valence-electron chi connectivity index (χ0n) is 11.3. The Morgan fingerprint density at radius 2 is 2.21 bits per heavy atom. The van der Waals surface area contributed by atoms with Crippen LogP contribution >= 0.6 is 0 Å². The minimum Gasteiger partial charge on any atom is -0.484 e. The molecule has 2 heterocycles. The number of aromatic nitrogens is 4. The molecule has 2 rings (SSSR count). The molecule has 0 aliphatic rings. The third-order valence-electron chi connectivity index (χ3n) is 2.75. The Morgan fingerprint density at radius 1 is 1.37 bits per heavy atom. The maximum Gasteiger partial charge on any atom is 0.164 e. The molecule has 0 bridgehead atoms. The fraction of sp³-hybridized carbons (Fsp3) is 0.462. The van der Waals surface area contributed by atoms with Crippen molar-refractivity contribution in [3.63, 3.8) is 0 Å². The van der Waals surface area contributed by atoms with Crippen LogP contribution in [0.15, 0.2) is 18.5 Å². The first-order valence-corrected chi connectivity index (χ1v) is 6.40. The summed E-state index contributed by atoms with van der Waals surface area (Å²) in [7, 11) is 0. The third kappa shape index (κ3) is 3.29. The summed E-state index contributed by atoms with van der Waals surface area (Å²) in [4.78, 5) is 8.56. The summed E-state index contributed by atoms with van der Waals surface area (Å²) in [5.41, 5.74) is 7.37. The van der Waals surface area contributed by atoms with Gasteiger partial charge < -0.3 is 10.5 Å². The molecule has 0 saturated heterocycles. The fourth-order valence-corrected chi connectivity index (χ4v) is 1.82. The average molecular weight is 261 g/mol. The van der Waals surface area contributed by atoms with Crippen LogP contribution < -0.4 is 10.5 Å². The van der Waals surface area contributed by atoms with Gasteiger partial charge in [-0.05, 0) is 25.5 Å². The van der Waals surface area contributed by atoms with E-state index in [-0.39, 0.29) is 0 Å². The molecule has 0 aromatic carbocycles. The maximum atomic E-state index is 5.75. The molecule has 0 amide bonds. The van der Waals surface area contributed by atoms with E-state index in [1.165, 1.54) is 0 Å². The maximum absolute atomic E-state index is 5.75. The Morgan fingerprint density at radius 3 is 2.95 bits per heavy atom. The first-order chi connectivity index (χ1) is 9.24. The SMILES string of the molecule is CCCn1ncnc1COc1ccc(C)nc1CN. The Bertz CT molecular complexity index is 538. The van der Waals surface area contributed by atoms with Gasteiger partial charge in [0.1, 0.15) is 18.7 Å². The molecule has 19 heavy (non-hydrogen) atoms. The quantitative estimate of drug-likeness (QED) is 0.851. The van der Waals surface area contributed by atoms with Gasteiger partial charge in [-0.25, -0.2) is 9.67 Å². The summed E-state index contributed by atoms with van der Waals surface area (Å²) < 4.78 is 7.60. The monoisotopic (exact) mass is 261 g/mol. The van der Waals surface area contributed by atoms with Crippen LogP contribution in [0.1, 0.15) is 30.6 Å². The molecule has 0 aliphatic carbocycles. The molecule has 0 saturated carbocycles. The van der Waals surface area contributed by atoms with E-state index < -0.39 is 0 Å². The van der Waals surface area contributed by atoms with Crippen molar-refractivity contribution in [2.75, 3.05) is 0 Å². The topological polar surface area (TPSA) is 78.8 Å². The number of nitrogens with two attached hydrogens (primary N) is 1. The molecule has 2 aromatic heterocycles. The van der Waals surface area contributed by atoms with Gasteiger partial charge in [0.2, 0.25) is 0 Å². The fourth-order valence-electron chi connectivity index (χ4n) is 1.82. The molecule has 102 valence electrons. The molecule has 0 aliphatic heterocycles. The highest BCUT2D eigenvalue weighted by Gasteiger charge is 2.08. The summed E-state index contributed by atoms with van der Waals surface area (Å²) in [6.07, 6.45) is 2.56. The molecule has 6 heteroatoms. The highest BCUT2D eigenvalue weighted by Crippen LogP contribution is 2.17.